The van der Waals surface area contributed by atoms with Crippen LogP contribution < -0.4 is 0 Å². The van der Waals surface area contributed by atoms with Crippen molar-refractivity contribution >= 4 is 0 Å². The lowest BCUT2D eigenvalue weighted by Gasteiger charge is -2.19. The second kappa shape index (κ2) is 11.2. The fourth-order valence-electron chi connectivity index (χ4n) is 4.79. The third-order valence-electron chi connectivity index (χ3n) is 6.90. The summed E-state index contributed by atoms with van der Waals surface area (Å²) in [4.78, 5) is 0. The molecule has 1 nitrogen and oxygen atoms in total. The average molecular weight is 483 g/mol. The Morgan fingerprint density at radius 2 is 1.46 bits per heavy atom. The van der Waals surface area contributed by atoms with Crippen LogP contribution in [0.15, 0.2) is 61.2 Å². The molecule has 0 saturated carbocycles. The molecule has 0 aromatic heterocycles. The first-order chi connectivity index (χ1) is 16.9. The molecule has 1 fully saturated rings. The number of hydrogen-bond donors (Lipinski definition) is 0. The Morgan fingerprint density at radius 1 is 0.829 bits per heavy atom. The van der Waals surface area contributed by atoms with Crippen molar-refractivity contribution in [1.29, 1.82) is 0 Å². The molecule has 0 aliphatic carbocycles. The van der Waals surface area contributed by atoms with Crippen LogP contribution >= 0.6 is 0 Å². The Bertz CT molecular complexity index is 1190. The van der Waals surface area contributed by atoms with Crippen molar-refractivity contribution in [2.75, 3.05) is 6.61 Å². The van der Waals surface area contributed by atoms with Gasteiger partial charge in [0.05, 0.1) is 12.7 Å². The Balaban J connectivity index is 1.55. The van der Waals surface area contributed by atoms with E-state index in [9.17, 15) is 8.78 Å². The van der Waals surface area contributed by atoms with Gasteiger partial charge in [-0.05, 0) is 54.7 Å². The Kier molecular flexibility index (Phi) is 8.07. The zero-order valence-corrected chi connectivity index (χ0v) is 19.9. The van der Waals surface area contributed by atoms with Crippen LogP contribution in [-0.2, 0) is 11.2 Å². The van der Waals surface area contributed by atoms with E-state index < -0.39 is 29.4 Å². The van der Waals surface area contributed by atoms with Gasteiger partial charge >= 0.3 is 0 Å². The van der Waals surface area contributed by atoms with Crippen molar-refractivity contribution < 1.29 is 22.3 Å². The minimum Gasteiger partial charge on any atom is -0.373 e. The number of hydrogen-bond acceptors (Lipinski definition) is 1. The summed E-state index contributed by atoms with van der Waals surface area (Å²) in [5, 5.41) is 0. The van der Waals surface area contributed by atoms with Crippen LogP contribution in [0.4, 0.5) is 17.6 Å². The number of benzene rings is 3. The van der Waals surface area contributed by atoms with Crippen molar-refractivity contribution in [3.05, 3.63) is 95.6 Å². The summed E-state index contributed by atoms with van der Waals surface area (Å²) >= 11 is 0. The molecule has 3 aromatic rings. The standard InChI is InChI=1S/C30H30F4O/c1-3-5-7-19-8-6-9-26(35-18-19)25-17-16-24(29(33)30(25)34)22-12-10-21(11-13-22)23-15-14-20(4-2)27(31)28(23)32/h3,10-17,19,26H,1,4-9,18H2,2H3. The fourth-order valence-corrected chi connectivity index (χ4v) is 4.79. The third kappa shape index (κ3) is 5.35. The van der Waals surface area contributed by atoms with Gasteiger partial charge in [0.2, 0.25) is 0 Å². The van der Waals surface area contributed by atoms with Gasteiger partial charge in [-0.1, -0.05) is 68.0 Å². The molecule has 1 heterocycles. The molecular formula is C30H30F4O. The minimum absolute atomic E-state index is 0.114. The summed E-state index contributed by atoms with van der Waals surface area (Å²) in [5.41, 5.74) is 1.71. The van der Waals surface area contributed by atoms with Crippen LogP contribution in [0.2, 0.25) is 0 Å². The van der Waals surface area contributed by atoms with Gasteiger partial charge in [0, 0.05) is 16.7 Å². The molecule has 184 valence electrons. The van der Waals surface area contributed by atoms with Crippen LogP contribution in [0.5, 0.6) is 0 Å². The maximum Gasteiger partial charge on any atom is 0.167 e. The first-order valence-corrected chi connectivity index (χ1v) is 12.2. The molecular weight excluding hydrogens is 452 g/mol. The number of ether oxygens (including phenoxy) is 1. The van der Waals surface area contributed by atoms with Crippen LogP contribution in [0, 0.1) is 29.2 Å². The highest BCUT2D eigenvalue weighted by Crippen LogP contribution is 2.36. The van der Waals surface area contributed by atoms with Crippen molar-refractivity contribution in [2.24, 2.45) is 5.92 Å². The minimum atomic E-state index is -0.934. The summed E-state index contributed by atoms with van der Waals surface area (Å²) in [7, 11) is 0. The maximum absolute atomic E-state index is 15.1. The van der Waals surface area contributed by atoms with Gasteiger partial charge in [-0.25, -0.2) is 17.6 Å². The molecule has 1 aliphatic heterocycles. The van der Waals surface area contributed by atoms with Gasteiger partial charge < -0.3 is 4.74 Å². The summed E-state index contributed by atoms with van der Waals surface area (Å²) in [6.45, 7) is 6.04. The van der Waals surface area contributed by atoms with Gasteiger partial charge in [0.1, 0.15) is 0 Å². The molecule has 35 heavy (non-hydrogen) atoms. The van der Waals surface area contributed by atoms with Crippen molar-refractivity contribution in [3.63, 3.8) is 0 Å². The number of aryl methyl sites for hydroxylation is 1. The van der Waals surface area contributed by atoms with E-state index >= 15 is 8.78 Å². The van der Waals surface area contributed by atoms with E-state index in [1.54, 1.807) is 49.4 Å². The molecule has 0 radical (unpaired) electrons. The van der Waals surface area contributed by atoms with Crippen LogP contribution in [0.1, 0.15) is 56.3 Å². The lowest BCUT2D eigenvalue weighted by atomic mass is 9.95. The predicted octanol–water partition coefficient (Wildman–Crippen LogP) is 8.96. The normalized spacial score (nSPS) is 18.3. The monoisotopic (exact) mass is 482 g/mol. The second-order valence-electron chi connectivity index (χ2n) is 9.15. The molecule has 1 saturated heterocycles. The Hall–Kier alpha value is -2.92. The number of halogens is 4. The molecule has 1 aliphatic rings. The molecule has 2 atom stereocenters. The molecule has 2 unspecified atom stereocenters. The maximum atomic E-state index is 15.1. The summed E-state index contributed by atoms with van der Waals surface area (Å²) in [6.07, 6.45) is 6.26. The van der Waals surface area contributed by atoms with E-state index in [0.29, 0.717) is 42.1 Å². The van der Waals surface area contributed by atoms with Crippen LogP contribution in [0.25, 0.3) is 22.3 Å². The van der Waals surface area contributed by atoms with Crippen molar-refractivity contribution in [3.8, 4) is 22.3 Å². The topological polar surface area (TPSA) is 9.23 Å². The van der Waals surface area contributed by atoms with E-state index in [4.69, 9.17) is 4.74 Å². The zero-order chi connectivity index (χ0) is 24.9. The van der Waals surface area contributed by atoms with E-state index in [2.05, 4.69) is 6.58 Å². The third-order valence-corrected chi connectivity index (χ3v) is 6.90. The first-order valence-electron chi connectivity index (χ1n) is 12.2. The lowest BCUT2D eigenvalue weighted by Crippen LogP contribution is -2.11. The second-order valence-corrected chi connectivity index (χ2v) is 9.15. The Morgan fingerprint density at radius 3 is 2.09 bits per heavy atom. The largest absolute Gasteiger partial charge is 0.373 e. The number of allylic oxidation sites excluding steroid dienone is 1. The summed E-state index contributed by atoms with van der Waals surface area (Å²) in [5.74, 6) is -3.19. The molecule has 5 heteroatoms. The van der Waals surface area contributed by atoms with Gasteiger partial charge in [-0.3, -0.25) is 0 Å². The van der Waals surface area contributed by atoms with Gasteiger partial charge in [0.25, 0.3) is 0 Å². The van der Waals surface area contributed by atoms with Crippen LogP contribution in [-0.4, -0.2) is 6.61 Å². The lowest BCUT2D eigenvalue weighted by molar-refractivity contribution is 0.0358. The highest BCUT2D eigenvalue weighted by atomic mass is 19.2. The Labute approximate surface area is 204 Å². The smallest absolute Gasteiger partial charge is 0.167 e. The average Bonchev–Trinajstić information content (AvgIpc) is 3.12. The molecule has 0 bridgehead atoms. The van der Waals surface area contributed by atoms with Crippen molar-refractivity contribution in [2.45, 2.75) is 51.6 Å². The first kappa shape index (κ1) is 25.2. The van der Waals surface area contributed by atoms with E-state index in [1.165, 1.54) is 6.07 Å². The van der Waals surface area contributed by atoms with Gasteiger partial charge in [-0.2, -0.15) is 0 Å². The summed E-state index contributed by atoms with van der Waals surface area (Å²) < 4.78 is 64.9. The quantitative estimate of drug-likeness (QED) is 0.241. The van der Waals surface area contributed by atoms with Crippen molar-refractivity contribution in [1.82, 2.24) is 0 Å². The van der Waals surface area contributed by atoms with E-state index in [0.717, 1.165) is 25.7 Å². The molecule has 0 N–H and O–H groups in total. The van der Waals surface area contributed by atoms with Gasteiger partial charge in [0.15, 0.2) is 23.3 Å². The van der Waals surface area contributed by atoms with Gasteiger partial charge in [-0.15, -0.1) is 6.58 Å². The molecule has 4 rings (SSSR count). The summed E-state index contributed by atoms with van der Waals surface area (Å²) in [6, 6.07) is 12.6. The van der Waals surface area contributed by atoms with E-state index in [-0.39, 0.29) is 16.7 Å². The van der Waals surface area contributed by atoms with E-state index in [1.807, 2.05) is 6.08 Å². The highest BCUT2D eigenvalue weighted by molar-refractivity contribution is 5.71. The molecule has 0 spiro atoms. The highest BCUT2D eigenvalue weighted by Gasteiger charge is 2.25. The van der Waals surface area contributed by atoms with Crippen LogP contribution in [0.3, 0.4) is 0 Å². The number of rotatable bonds is 7. The zero-order valence-electron chi connectivity index (χ0n) is 19.9. The predicted molar refractivity (Wildman–Crippen MR) is 132 cm³/mol. The fraction of sp³-hybridized carbons (Fsp3) is 0.333. The SMILES string of the molecule is C=CCCC1CCCC(c2ccc(-c3ccc(-c4ccc(CC)c(F)c4F)cc3)c(F)c2F)OC1. The molecule has 3 aromatic carbocycles. The molecule has 0 amide bonds.